The molecular weight excluding hydrogens is 444 g/mol. The maximum Gasteiger partial charge on any atom is 0.0900 e. The second-order valence-corrected chi connectivity index (χ2v) is 8.11. The molecule has 0 aliphatic rings. The molecule has 0 fully saturated rings. The van der Waals surface area contributed by atoms with E-state index in [-0.39, 0.29) is 0 Å². The molecule has 36 heavy (non-hydrogen) atoms. The van der Waals surface area contributed by atoms with Crippen molar-refractivity contribution >= 4 is 0 Å². The van der Waals surface area contributed by atoms with E-state index in [4.69, 9.17) is 9.97 Å². The molecule has 0 amide bonds. The van der Waals surface area contributed by atoms with Crippen molar-refractivity contribution in [1.82, 2.24) is 29.9 Å². The molecule has 0 atom stereocenters. The summed E-state index contributed by atoms with van der Waals surface area (Å²) < 4.78 is 0. The molecule has 0 saturated heterocycles. The molecule has 0 bridgehead atoms. The Balaban J connectivity index is 1.45. The summed E-state index contributed by atoms with van der Waals surface area (Å²) in [6.45, 7) is 0. The fourth-order valence-electron chi connectivity index (χ4n) is 3.97. The first kappa shape index (κ1) is 21.4. The van der Waals surface area contributed by atoms with E-state index in [0.717, 1.165) is 56.7 Å². The summed E-state index contributed by atoms with van der Waals surface area (Å²) >= 11 is 0. The van der Waals surface area contributed by atoms with Crippen LogP contribution < -0.4 is 0 Å². The van der Waals surface area contributed by atoms with E-state index in [1.54, 1.807) is 24.8 Å². The lowest BCUT2D eigenvalue weighted by molar-refractivity contribution is 1.21. The van der Waals surface area contributed by atoms with Gasteiger partial charge in [0, 0.05) is 24.8 Å². The lowest BCUT2D eigenvalue weighted by Gasteiger charge is -2.10. The number of pyridine rings is 6. The molecule has 6 nitrogen and oxygen atoms in total. The van der Waals surface area contributed by atoms with Gasteiger partial charge in [-0.2, -0.15) is 0 Å². The molecule has 0 saturated carbocycles. The zero-order valence-electron chi connectivity index (χ0n) is 19.2. The van der Waals surface area contributed by atoms with E-state index in [1.807, 2.05) is 97.1 Å². The third-order valence-electron chi connectivity index (χ3n) is 5.71. The van der Waals surface area contributed by atoms with Gasteiger partial charge in [-0.15, -0.1) is 0 Å². The van der Waals surface area contributed by atoms with Gasteiger partial charge in [0.25, 0.3) is 0 Å². The summed E-state index contributed by atoms with van der Waals surface area (Å²) in [5, 5.41) is 0. The van der Waals surface area contributed by atoms with Crippen LogP contribution >= 0.6 is 0 Å². The summed E-state index contributed by atoms with van der Waals surface area (Å²) in [6, 6.07) is 31.5. The zero-order chi connectivity index (χ0) is 24.2. The predicted molar refractivity (Wildman–Crippen MR) is 140 cm³/mol. The van der Waals surface area contributed by atoms with Gasteiger partial charge < -0.3 is 0 Å². The first-order valence-corrected chi connectivity index (χ1v) is 11.5. The van der Waals surface area contributed by atoms with E-state index in [1.165, 1.54) is 0 Å². The van der Waals surface area contributed by atoms with Crippen LogP contribution in [0.5, 0.6) is 0 Å². The Bertz CT molecular complexity index is 1560. The molecule has 0 radical (unpaired) electrons. The monoisotopic (exact) mass is 464 g/mol. The van der Waals surface area contributed by atoms with Crippen molar-refractivity contribution in [1.29, 1.82) is 0 Å². The molecule has 170 valence electrons. The fourth-order valence-corrected chi connectivity index (χ4v) is 3.97. The Kier molecular flexibility index (Phi) is 5.74. The lowest BCUT2D eigenvalue weighted by atomic mass is 10.0. The van der Waals surface area contributed by atoms with Gasteiger partial charge >= 0.3 is 0 Å². The van der Waals surface area contributed by atoms with Crippen molar-refractivity contribution in [2.45, 2.75) is 0 Å². The van der Waals surface area contributed by atoms with Crippen LogP contribution in [-0.4, -0.2) is 29.9 Å². The van der Waals surface area contributed by atoms with Gasteiger partial charge in [0.15, 0.2) is 0 Å². The summed E-state index contributed by atoms with van der Waals surface area (Å²) in [5.41, 5.74) is 8.35. The van der Waals surface area contributed by atoms with Gasteiger partial charge in [0.05, 0.1) is 45.6 Å². The molecule has 6 heteroatoms. The van der Waals surface area contributed by atoms with Gasteiger partial charge in [0.1, 0.15) is 0 Å². The van der Waals surface area contributed by atoms with Gasteiger partial charge in [0.2, 0.25) is 0 Å². The molecule has 0 aliphatic heterocycles. The molecular formula is C30H20N6. The van der Waals surface area contributed by atoms with E-state index in [2.05, 4.69) is 19.9 Å². The van der Waals surface area contributed by atoms with Crippen molar-refractivity contribution in [3.05, 3.63) is 122 Å². The minimum atomic E-state index is 0.779. The van der Waals surface area contributed by atoms with Crippen LogP contribution in [0.1, 0.15) is 0 Å². The minimum absolute atomic E-state index is 0.779. The van der Waals surface area contributed by atoms with E-state index in [0.29, 0.717) is 0 Å². The number of aromatic nitrogens is 6. The maximum atomic E-state index is 4.87. The molecule has 6 aromatic heterocycles. The molecule has 0 unspecified atom stereocenters. The second-order valence-electron chi connectivity index (χ2n) is 8.11. The average Bonchev–Trinajstić information content (AvgIpc) is 2.98. The first-order chi connectivity index (χ1) is 17.8. The van der Waals surface area contributed by atoms with Gasteiger partial charge in [-0.25, -0.2) is 9.97 Å². The molecule has 6 heterocycles. The van der Waals surface area contributed by atoms with Crippen LogP contribution in [0, 0.1) is 0 Å². The Morgan fingerprint density at radius 2 is 0.750 bits per heavy atom. The third-order valence-corrected chi connectivity index (χ3v) is 5.71. The van der Waals surface area contributed by atoms with Crippen LogP contribution in [-0.2, 0) is 0 Å². The van der Waals surface area contributed by atoms with E-state index < -0.39 is 0 Å². The maximum absolute atomic E-state index is 4.87. The van der Waals surface area contributed by atoms with Gasteiger partial charge in [-0.1, -0.05) is 24.3 Å². The predicted octanol–water partition coefficient (Wildman–Crippen LogP) is 6.39. The zero-order valence-corrected chi connectivity index (χ0v) is 19.2. The largest absolute Gasteiger partial charge is 0.255 e. The van der Waals surface area contributed by atoms with Gasteiger partial charge in [-0.3, -0.25) is 19.9 Å². The highest BCUT2D eigenvalue weighted by atomic mass is 14.8. The summed E-state index contributed by atoms with van der Waals surface area (Å²) in [7, 11) is 0. The van der Waals surface area contributed by atoms with Crippen molar-refractivity contribution in [2.75, 3.05) is 0 Å². The Labute approximate surface area is 208 Å². The Morgan fingerprint density at radius 3 is 1.31 bits per heavy atom. The van der Waals surface area contributed by atoms with Crippen LogP contribution in [0.4, 0.5) is 0 Å². The summed E-state index contributed by atoms with van der Waals surface area (Å²) in [4.78, 5) is 27.7. The SMILES string of the molecule is c1ccc(-c2cccc(-c3cc(-c4cc(-c5ccccn5)nc(-c5ccccn5)c4)ccn3)n2)nc1. The van der Waals surface area contributed by atoms with Crippen molar-refractivity contribution in [2.24, 2.45) is 0 Å². The molecule has 0 aliphatic carbocycles. The quantitative estimate of drug-likeness (QED) is 0.294. The highest BCUT2D eigenvalue weighted by Gasteiger charge is 2.12. The number of hydrogen-bond acceptors (Lipinski definition) is 6. The van der Waals surface area contributed by atoms with Crippen LogP contribution in [0.2, 0.25) is 0 Å². The highest BCUT2D eigenvalue weighted by molar-refractivity contribution is 5.76. The second kappa shape index (κ2) is 9.64. The Hall–Kier alpha value is -5.10. The molecule has 6 rings (SSSR count). The van der Waals surface area contributed by atoms with E-state index in [9.17, 15) is 0 Å². The highest BCUT2D eigenvalue weighted by Crippen LogP contribution is 2.30. The summed E-state index contributed by atoms with van der Waals surface area (Å²) in [5.74, 6) is 0. The third kappa shape index (κ3) is 4.48. The normalized spacial score (nSPS) is 10.8. The number of nitrogens with zero attached hydrogens (tertiary/aromatic N) is 6. The van der Waals surface area contributed by atoms with Crippen LogP contribution in [0.25, 0.3) is 56.7 Å². The topological polar surface area (TPSA) is 77.3 Å². The minimum Gasteiger partial charge on any atom is -0.255 e. The van der Waals surface area contributed by atoms with E-state index >= 15 is 0 Å². The first-order valence-electron chi connectivity index (χ1n) is 11.5. The molecule has 6 aromatic rings. The van der Waals surface area contributed by atoms with Crippen molar-refractivity contribution in [3.8, 4) is 56.7 Å². The van der Waals surface area contributed by atoms with Crippen LogP contribution in [0.3, 0.4) is 0 Å². The lowest BCUT2D eigenvalue weighted by Crippen LogP contribution is -1.95. The van der Waals surface area contributed by atoms with Crippen molar-refractivity contribution in [3.63, 3.8) is 0 Å². The average molecular weight is 465 g/mol. The number of hydrogen-bond donors (Lipinski definition) is 0. The molecule has 0 N–H and O–H groups in total. The summed E-state index contributed by atoms with van der Waals surface area (Å²) in [6.07, 6.45) is 7.12. The Morgan fingerprint density at radius 1 is 0.306 bits per heavy atom. The molecule has 0 spiro atoms. The fraction of sp³-hybridized carbons (Fsp3) is 0. The standard InChI is InChI=1S/C30H20N6/c1-4-14-31-23(8-1)26-11-7-12-27(35-26)28-18-21(13-17-34-28)22-19-29(24-9-2-5-15-32-24)36-30(20-22)25-10-3-6-16-33-25/h1-20H. The number of rotatable bonds is 5. The van der Waals surface area contributed by atoms with Crippen molar-refractivity contribution < 1.29 is 0 Å². The smallest absolute Gasteiger partial charge is 0.0900 e. The molecule has 0 aromatic carbocycles. The van der Waals surface area contributed by atoms with Gasteiger partial charge in [-0.05, 0) is 83.9 Å². The van der Waals surface area contributed by atoms with Crippen LogP contribution in [0.15, 0.2) is 122 Å².